The lowest BCUT2D eigenvalue weighted by Gasteiger charge is -2.16. The van der Waals surface area contributed by atoms with Crippen molar-refractivity contribution < 1.29 is 13.2 Å². The molecule has 100 valence electrons. The fourth-order valence-electron chi connectivity index (χ4n) is 1.70. The van der Waals surface area contributed by atoms with Crippen molar-refractivity contribution in [1.29, 1.82) is 0 Å². The van der Waals surface area contributed by atoms with Crippen LogP contribution in [-0.4, -0.2) is 0 Å². The van der Waals surface area contributed by atoms with Crippen molar-refractivity contribution in [3.8, 4) is 0 Å². The number of nitrogens with one attached hydrogen (secondary N) is 1. The molecule has 0 aliphatic rings. The van der Waals surface area contributed by atoms with Crippen molar-refractivity contribution in [2.24, 2.45) is 0 Å². The summed E-state index contributed by atoms with van der Waals surface area (Å²) in [6, 6.07) is 7.43. The van der Waals surface area contributed by atoms with E-state index in [4.69, 9.17) is 11.6 Å². The normalized spacial score (nSPS) is 12.3. The van der Waals surface area contributed by atoms with Crippen LogP contribution >= 0.6 is 11.6 Å². The van der Waals surface area contributed by atoms with E-state index < -0.39 is 17.5 Å². The van der Waals surface area contributed by atoms with E-state index in [-0.39, 0.29) is 11.7 Å². The summed E-state index contributed by atoms with van der Waals surface area (Å²) in [5.41, 5.74) is 0.773. The van der Waals surface area contributed by atoms with E-state index in [0.717, 1.165) is 12.1 Å². The molecule has 0 fully saturated rings. The zero-order valence-electron chi connectivity index (χ0n) is 10.1. The van der Waals surface area contributed by atoms with Crippen LogP contribution in [0, 0.1) is 17.5 Å². The molecule has 0 aromatic heterocycles. The minimum atomic E-state index is -0.928. The van der Waals surface area contributed by atoms with Crippen LogP contribution in [-0.2, 0) is 0 Å². The van der Waals surface area contributed by atoms with Gasteiger partial charge in [0.1, 0.15) is 5.82 Å². The minimum absolute atomic E-state index is 0.252. The quantitative estimate of drug-likeness (QED) is 0.843. The molecular formula is C14H11ClF3N. The highest BCUT2D eigenvalue weighted by Crippen LogP contribution is 2.24. The van der Waals surface area contributed by atoms with Gasteiger partial charge in [0.25, 0.3) is 0 Å². The van der Waals surface area contributed by atoms with Crippen LogP contribution in [0.2, 0.25) is 5.02 Å². The Morgan fingerprint density at radius 2 is 1.68 bits per heavy atom. The molecule has 2 rings (SSSR count). The Morgan fingerprint density at radius 1 is 0.947 bits per heavy atom. The lowest BCUT2D eigenvalue weighted by atomic mass is 10.1. The summed E-state index contributed by atoms with van der Waals surface area (Å²) in [6.07, 6.45) is 0. The summed E-state index contributed by atoms with van der Waals surface area (Å²) < 4.78 is 39.5. The summed E-state index contributed by atoms with van der Waals surface area (Å²) in [5, 5.41) is 3.17. The first kappa shape index (κ1) is 13.7. The van der Waals surface area contributed by atoms with Gasteiger partial charge >= 0.3 is 0 Å². The fourth-order valence-corrected chi connectivity index (χ4v) is 1.86. The summed E-state index contributed by atoms with van der Waals surface area (Å²) in [5.74, 6) is -2.33. The van der Waals surface area contributed by atoms with Crippen molar-refractivity contribution in [2.45, 2.75) is 13.0 Å². The summed E-state index contributed by atoms with van der Waals surface area (Å²) in [4.78, 5) is 0. The molecule has 19 heavy (non-hydrogen) atoms. The number of hydrogen-bond donors (Lipinski definition) is 1. The molecule has 0 heterocycles. The standard InChI is InChI=1S/C14H11ClF3N/c1-8(9-2-4-11(16)12(17)6-9)19-14-5-3-10(15)7-13(14)18/h2-8,19H,1H3. The van der Waals surface area contributed by atoms with Gasteiger partial charge in [0, 0.05) is 11.1 Å². The predicted molar refractivity (Wildman–Crippen MR) is 69.8 cm³/mol. The van der Waals surface area contributed by atoms with E-state index in [1.165, 1.54) is 18.2 Å². The van der Waals surface area contributed by atoms with E-state index in [9.17, 15) is 13.2 Å². The van der Waals surface area contributed by atoms with E-state index in [2.05, 4.69) is 5.32 Å². The monoisotopic (exact) mass is 285 g/mol. The smallest absolute Gasteiger partial charge is 0.159 e. The molecule has 0 aliphatic carbocycles. The van der Waals surface area contributed by atoms with Gasteiger partial charge in [0.15, 0.2) is 11.6 Å². The van der Waals surface area contributed by atoms with Crippen LogP contribution in [0.15, 0.2) is 36.4 Å². The number of anilines is 1. The molecule has 0 radical (unpaired) electrons. The van der Waals surface area contributed by atoms with Crippen molar-refractivity contribution in [2.75, 3.05) is 5.32 Å². The summed E-state index contributed by atoms with van der Waals surface area (Å²) in [6.45, 7) is 1.72. The highest BCUT2D eigenvalue weighted by molar-refractivity contribution is 6.30. The topological polar surface area (TPSA) is 12.0 Å². The third kappa shape index (κ3) is 3.20. The lowest BCUT2D eigenvalue weighted by Crippen LogP contribution is -2.08. The second kappa shape index (κ2) is 5.53. The van der Waals surface area contributed by atoms with E-state index >= 15 is 0 Å². The third-order valence-corrected chi connectivity index (χ3v) is 2.98. The maximum Gasteiger partial charge on any atom is 0.159 e. The SMILES string of the molecule is CC(Nc1ccc(Cl)cc1F)c1ccc(F)c(F)c1. The van der Waals surface area contributed by atoms with Crippen LogP contribution in [0.4, 0.5) is 18.9 Å². The second-order valence-electron chi connectivity index (χ2n) is 4.16. The van der Waals surface area contributed by atoms with E-state index in [1.807, 2.05) is 0 Å². The second-order valence-corrected chi connectivity index (χ2v) is 4.60. The number of hydrogen-bond acceptors (Lipinski definition) is 1. The zero-order chi connectivity index (χ0) is 14.0. The van der Waals surface area contributed by atoms with Gasteiger partial charge in [-0.2, -0.15) is 0 Å². The lowest BCUT2D eigenvalue weighted by molar-refractivity contribution is 0.506. The molecule has 0 aliphatic heterocycles. The van der Waals surface area contributed by atoms with E-state index in [1.54, 1.807) is 13.0 Å². The summed E-state index contributed by atoms with van der Waals surface area (Å²) >= 11 is 5.65. The molecular weight excluding hydrogens is 275 g/mol. The van der Waals surface area contributed by atoms with Crippen molar-refractivity contribution in [3.63, 3.8) is 0 Å². The van der Waals surface area contributed by atoms with Crippen molar-refractivity contribution in [1.82, 2.24) is 0 Å². The molecule has 0 saturated heterocycles. The molecule has 1 nitrogen and oxygen atoms in total. The molecule has 5 heteroatoms. The molecule has 1 unspecified atom stereocenters. The van der Waals surface area contributed by atoms with Crippen molar-refractivity contribution >= 4 is 17.3 Å². The Morgan fingerprint density at radius 3 is 2.32 bits per heavy atom. The van der Waals surface area contributed by atoms with Gasteiger partial charge in [0.2, 0.25) is 0 Å². The van der Waals surface area contributed by atoms with Crippen LogP contribution < -0.4 is 5.32 Å². The van der Waals surface area contributed by atoms with Gasteiger partial charge in [0.05, 0.1) is 5.69 Å². The maximum absolute atomic E-state index is 13.6. The molecule has 0 bridgehead atoms. The predicted octanol–water partition coefficient (Wildman–Crippen LogP) is 4.93. The Hall–Kier alpha value is -1.68. The first-order chi connectivity index (χ1) is 8.97. The minimum Gasteiger partial charge on any atom is -0.376 e. The highest BCUT2D eigenvalue weighted by Gasteiger charge is 2.11. The van der Waals surface area contributed by atoms with Gasteiger partial charge in [-0.05, 0) is 42.8 Å². The van der Waals surface area contributed by atoms with Gasteiger partial charge in [-0.15, -0.1) is 0 Å². The van der Waals surface area contributed by atoms with Crippen molar-refractivity contribution in [3.05, 3.63) is 64.4 Å². The molecule has 0 spiro atoms. The Labute approximate surface area is 114 Å². The van der Waals surface area contributed by atoms with Crippen LogP contribution in [0.3, 0.4) is 0 Å². The maximum atomic E-state index is 13.6. The Balaban J connectivity index is 2.20. The number of benzene rings is 2. The van der Waals surface area contributed by atoms with Gasteiger partial charge < -0.3 is 5.32 Å². The zero-order valence-corrected chi connectivity index (χ0v) is 10.8. The molecule has 0 saturated carbocycles. The third-order valence-electron chi connectivity index (χ3n) is 2.75. The van der Waals surface area contributed by atoms with Gasteiger partial charge in [-0.3, -0.25) is 0 Å². The van der Waals surface area contributed by atoms with Crippen LogP contribution in [0.5, 0.6) is 0 Å². The number of rotatable bonds is 3. The largest absolute Gasteiger partial charge is 0.376 e. The first-order valence-electron chi connectivity index (χ1n) is 5.64. The molecule has 1 atom stereocenters. The van der Waals surface area contributed by atoms with Gasteiger partial charge in [-0.1, -0.05) is 17.7 Å². The van der Waals surface area contributed by atoms with Crippen LogP contribution in [0.25, 0.3) is 0 Å². The fraction of sp³-hybridized carbons (Fsp3) is 0.143. The van der Waals surface area contributed by atoms with Crippen LogP contribution in [0.1, 0.15) is 18.5 Å². The van der Waals surface area contributed by atoms with Gasteiger partial charge in [-0.25, -0.2) is 13.2 Å². The molecule has 0 amide bonds. The number of halogens is 4. The highest BCUT2D eigenvalue weighted by atomic mass is 35.5. The molecule has 2 aromatic carbocycles. The Bertz CT molecular complexity index is 601. The molecule has 1 N–H and O–H groups in total. The molecule has 2 aromatic rings. The average Bonchev–Trinajstić information content (AvgIpc) is 2.36. The Kier molecular flexibility index (Phi) is 4.00. The first-order valence-corrected chi connectivity index (χ1v) is 6.01. The average molecular weight is 286 g/mol. The van der Waals surface area contributed by atoms with E-state index in [0.29, 0.717) is 10.6 Å². The summed E-state index contributed by atoms with van der Waals surface area (Å²) in [7, 11) is 0.